The van der Waals surface area contributed by atoms with Crippen LogP contribution in [0, 0.1) is 29.6 Å². The van der Waals surface area contributed by atoms with Crippen molar-refractivity contribution in [2.24, 2.45) is 29.6 Å². The molecule has 0 spiro atoms. The smallest absolute Gasteiger partial charge is 0.412 e. The molecule has 3 fully saturated rings. The lowest BCUT2D eigenvalue weighted by Crippen LogP contribution is -2.39. The molecule has 0 amide bonds. The Morgan fingerprint density at radius 1 is 0.731 bits per heavy atom. The summed E-state index contributed by atoms with van der Waals surface area (Å²) in [7, 11) is 0. The Kier molecular flexibility index (Phi) is 7.78. The normalized spacial score (nSPS) is 42.1. The Morgan fingerprint density at radius 2 is 1.15 bits per heavy atom. The third-order valence-electron chi connectivity index (χ3n) is 7.25. The van der Waals surface area contributed by atoms with E-state index in [1.165, 1.54) is 38.5 Å². The van der Waals surface area contributed by atoms with E-state index >= 15 is 0 Å². The third kappa shape index (κ3) is 5.82. The molecule has 3 rings (SSSR count). The van der Waals surface area contributed by atoms with E-state index in [4.69, 9.17) is 0 Å². The molecule has 3 saturated carbocycles. The summed E-state index contributed by atoms with van der Waals surface area (Å²) in [6.07, 6.45) is 3.82. The lowest BCUT2D eigenvalue weighted by molar-refractivity contribution is -0.352. The molecule has 26 heavy (non-hydrogen) atoms. The molecule has 0 aromatic heterocycles. The minimum absolute atomic E-state index is 0. The van der Waals surface area contributed by atoms with Crippen LogP contribution in [0.4, 0.5) is 17.6 Å². The molecule has 3 unspecified atom stereocenters. The van der Waals surface area contributed by atoms with Crippen LogP contribution in [0.1, 0.15) is 80.4 Å². The van der Waals surface area contributed by atoms with Crippen LogP contribution in [0.3, 0.4) is 0 Å². The van der Waals surface area contributed by atoms with Crippen LogP contribution in [0.15, 0.2) is 0 Å². The maximum Gasteiger partial charge on any atom is 0.522 e. The molecule has 158 valence electrons. The standard InChI is InChI=1S/C20H32F4O.H2O.2H2/c1-13-2-4-14(5-3-13)15-6-8-16(9-7-15)17-10-11-19(18(21)12-17)25-20(22,23)24;;;/h13-19H,2-12H2,1H3;1H2;2*1H. The van der Waals surface area contributed by atoms with Crippen molar-refractivity contribution in [2.45, 2.75) is 96.2 Å². The number of hydrogen-bond acceptors (Lipinski definition) is 1. The van der Waals surface area contributed by atoms with Crippen LogP contribution in [-0.2, 0) is 4.74 Å². The molecule has 0 radical (unpaired) electrons. The Hall–Kier alpha value is -0.360. The largest absolute Gasteiger partial charge is 0.522 e. The van der Waals surface area contributed by atoms with Gasteiger partial charge >= 0.3 is 6.36 Å². The number of rotatable bonds is 3. The summed E-state index contributed by atoms with van der Waals surface area (Å²) in [5.41, 5.74) is 0. The van der Waals surface area contributed by atoms with E-state index in [0.717, 1.165) is 30.6 Å². The van der Waals surface area contributed by atoms with Gasteiger partial charge in [0.25, 0.3) is 0 Å². The number of halogens is 4. The van der Waals surface area contributed by atoms with Gasteiger partial charge < -0.3 is 5.48 Å². The van der Waals surface area contributed by atoms with Gasteiger partial charge in [-0.1, -0.05) is 19.8 Å². The van der Waals surface area contributed by atoms with Gasteiger partial charge in [-0.25, -0.2) is 4.39 Å². The highest BCUT2D eigenvalue weighted by Gasteiger charge is 2.42. The summed E-state index contributed by atoms with van der Waals surface area (Å²) in [4.78, 5) is 0. The van der Waals surface area contributed by atoms with E-state index in [-0.39, 0.29) is 27.1 Å². The number of hydrogen-bond donors (Lipinski definition) is 0. The molecular formula is C20H38F4O2. The highest BCUT2D eigenvalue weighted by Crippen LogP contribution is 2.46. The van der Waals surface area contributed by atoms with Crippen molar-refractivity contribution in [1.29, 1.82) is 0 Å². The van der Waals surface area contributed by atoms with Crippen LogP contribution in [0.2, 0.25) is 0 Å². The molecule has 0 aromatic carbocycles. The Labute approximate surface area is 157 Å². The molecule has 2 N–H and O–H groups in total. The number of ether oxygens (including phenoxy) is 1. The van der Waals surface area contributed by atoms with Gasteiger partial charge in [0.1, 0.15) is 6.17 Å². The topological polar surface area (TPSA) is 40.7 Å². The average Bonchev–Trinajstić information content (AvgIpc) is 2.56. The van der Waals surface area contributed by atoms with Crippen LogP contribution < -0.4 is 0 Å². The predicted molar refractivity (Wildman–Crippen MR) is 97.6 cm³/mol. The maximum atomic E-state index is 14.2. The van der Waals surface area contributed by atoms with Gasteiger partial charge in [0, 0.05) is 2.85 Å². The molecule has 0 aliphatic heterocycles. The zero-order valence-corrected chi connectivity index (χ0v) is 15.7. The first-order valence-corrected chi connectivity index (χ1v) is 10.2. The quantitative estimate of drug-likeness (QED) is 0.523. The zero-order valence-electron chi connectivity index (χ0n) is 15.7. The molecule has 3 aliphatic carbocycles. The molecular weight excluding hydrogens is 348 g/mol. The van der Waals surface area contributed by atoms with Crippen LogP contribution in [-0.4, -0.2) is 24.1 Å². The van der Waals surface area contributed by atoms with Crippen molar-refractivity contribution < 1.29 is 30.6 Å². The maximum absolute atomic E-state index is 14.2. The summed E-state index contributed by atoms with van der Waals surface area (Å²) in [6, 6.07) is 0. The summed E-state index contributed by atoms with van der Waals surface area (Å²) in [5.74, 6) is 3.33. The minimum atomic E-state index is -4.72. The predicted octanol–water partition coefficient (Wildman–Crippen LogP) is 6.33. The van der Waals surface area contributed by atoms with E-state index in [1.807, 2.05) is 0 Å². The van der Waals surface area contributed by atoms with E-state index in [1.54, 1.807) is 0 Å². The van der Waals surface area contributed by atoms with Crippen molar-refractivity contribution in [2.75, 3.05) is 0 Å². The molecule has 0 saturated heterocycles. The second-order valence-corrected chi connectivity index (χ2v) is 8.89. The van der Waals surface area contributed by atoms with Crippen molar-refractivity contribution in [3.05, 3.63) is 0 Å². The SMILES string of the molecule is CC1CCC(C2CCC(C3CCC(OC(F)(F)F)C(F)C3)CC2)CC1.O.[HH].[HH]. The van der Waals surface area contributed by atoms with Crippen LogP contribution >= 0.6 is 0 Å². The fraction of sp³-hybridized carbons (Fsp3) is 1.00. The van der Waals surface area contributed by atoms with Gasteiger partial charge in [-0.2, -0.15) is 0 Å². The van der Waals surface area contributed by atoms with Crippen molar-refractivity contribution >= 4 is 0 Å². The lowest BCUT2D eigenvalue weighted by Gasteiger charge is -2.41. The molecule has 0 bridgehead atoms. The molecule has 0 aromatic rings. The fourth-order valence-corrected chi connectivity index (χ4v) is 5.70. The average molecular weight is 387 g/mol. The molecule has 6 heteroatoms. The molecule has 2 nitrogen and oxygen atoms in total. The highest BCUT2D eigenvalue weighted by molar-refractivity contribution is 4.88. The Balaban J connectivity index is 0.00000243. The second-order valence-electron chi connectivity index (χ2n) is 8.89. The highest BCUT2D eigenvalue weighted by atomic mass is 19.4. The first-order chi connectivity index (χ1) is 11.8. The van der Waals surface area contributed by atoms with Gasteiger partial charge in [0.15, 0.2) is 0 Å². The Morgan fingerprint density at radius 3 is 1.62 bits per heavy atom. The Bertz CT molecular complexity index is 423. The van der Waals surface area contributed by atoms with Crippen molar-refractivity contribution in [1.82, 2.24) is 0 Å². The summed E-state index contributed by atoms with van der Waals surface area (Å²) in [6.45, 7) is 2.35. The molecule has 0 heterocycles. The minimum Gasteiger partial charge on any atom is -0.412 e. The monoisotopic (exact) mass is 386 g/mol. The van der Waals surface area contributed by atoms with E-state index < -0.39 is 18.6 Å². The molecule has 3 aliphatic rings. The van der Waals surface area contributed by atoms with E-state index in [2.05, 4.69) is 11.7 Å². The van der Waals surface area contributed by atoms with Crippen molar-refractivity contribution in [3.8, 4) is 0 Å². The van der Waals surface area contributed by atoms with Gasteiger partial charge in [-0.05, 0) is 87.4 Å². The lowest BCUT2D eigenvalue weighted by atomic mass is 9.65. The van der Waals surface area contributed by atoms with E-state index in [9.17, 15) is 17.6 Å². The van der Waals surface area contributed by atoms with Crippen molar-refractivity contribution in [3.63, 3.8) is 0 Å². The first kappa shape index (κ1) is 21.9. The van der Waals surface area contributed by atoms with Crippen LogP contribution in [0.5, 0.6) is 0 Å². The van der Waals surface area contributed by atoms with Gasteiger partial charge in [-0.3, -0.25) is 4.74 Å². The first-order valence-electron chi connectivity index (χ1n) is 10.2. The van der Waals surface area contributed by atoms with Gasteiger partial charge in [0.05, 0.1) is 6.10 Å². The zero-order chi connectivity index (χ0) is 18.0. The van der Waals surface area contributed by atoms with Gasteiger partial charge in [0.2, 0.25) is 0 Å². The molecule has 3 atom stereocenters. The fourth-order valence-electron chi connectivity index (χ4n) is 5.70. The summed E-state index contributed by atoms with van der Waals surface area (Å²) in [5, 5.41) is 0. The second kappa shape index (κ2) is 9.22. The number of alkyl halides is 4. The van der Waals surface area contributed by atoms with E-state index in [0.29, 0.717) is 12.3 Å². The summed E-state index contributed by atoms with van der Waals surface area (Å²) >= 11 is 0. The third-order valence-corrected chi connectivity index (χ3v) is 7.25. The summed E-state index contributed by atoms with van der Waals surface area (Å²) < 4.78 is 55.1. The van der Waals surface area contributed by atoms with Gasteiger partial charge in [-0.15, -0.1) is 13.2 Å². The van der Waals surface area contributed by atoms with Crippen LogP contribution in [0.25, 0.3) is 0 Å².